The lowest BCUT2D eigenvalue weighted by molar-refractivity contribution is 0.199. The third kappa shape index (κ3) is 6.73. The van der Waals surface area contributed by atoms with Crippen molar-refractivity contribution in [3.8, 4) is 0 Å². The first-order valence-electron chi connectivity index (χ1n) is 13.6. The summed E-state index contributed by atoms with van der Waals surface area (Å²) in [5, 5.41) is 0.174. The maximum Gasteiger partial charge on any atom is 0.118 e. The van der Waals surface area contributed by atoms with Crippen LogP contribution < -0.4 is 0 Å². The van der Waals surface area contributed by atoms with E-state index in [1.807, 2.05) is 19.9 Å². The number of nitrogens with zero attached hydrogens (tertiary/aromatic N) is 3. The molecule has 4 rings (SSSR count). The quantitative estimate of drug-likeness (QED) is 0.374. The highest BCUT2D eigenvalue weighted by atomic mass is 32.1. The molecule has 3 nitrogen and oxygen atoms in total. The molecule has 3 atom stereocenters. The number of fused-ring (bicyclic) bond motifs is 1. The molecule has 2 heterocycles. The van der Waals surface area contributed by atoms with Crippen LogP contribution in [0.2, 0.25) is 0 Å². The fraction of sp³-hybridized carbons (Fsp3) is 0.516. The molecule has 0 radical (unpaired) electrons. The van der Waals surface area contributed by atoms with Crippen molar-refractivity contribution in [3.63, 3.8) is 0 Å². The van der Waals surface area contributed by atoms with Crippen molar-refractivity contribution < 1.29 is 4.39 Å². The maximum atomic E-state index is 13.3. The van der Waals surface area contributed by atoms with E-state index in [4.69, 9.17) is 4.99 Å². The first-order chi connectivity index (χ1) is 17.2. The van der Waals surface area contributed by atoms with Crippen LogP contribution >= 0.6 is 12.6 Å². The van der Waals surface area contributed by atoms with Crippen molar-refractivity contribution in [2.24, 2.45) is 22.7 Å². The molecule has 1 aromatic rings. The first-order valence-corrected chi connectivity index (χ1v) is 14.1. The molecule has 1 aliphatic carbocycles. The predicted octanol–water partition coefficient (Wildman–Crippen LogP) is 8.20. The summed E-state index contributed by atoms with van der Waals surface area (Å²) in [6, 6.07) is 6.53. The molecule has 0 spiro atoms. The topological polar surface area (TPSA) is 18.8 Å². The highest BCUT2D eigenvalue weighted by Crippen LogP contribution is 2.37. The Morgan fingerprint density at radius 2 is 2.00 bits per heavy atom. The van der Waals surface area contributed by atoms with Crippen LogP contribution in [0.5, 0.6) is 0 Å². The highest BCUT2D eigenvalue weighted by molar-refractivity contribution is 7.81. The van der Waals surface area contributed by atoms with Gasteiger partial charge in [0.1, 0.15) is 11.7 Å². The Bertz CT molecular complexity index is 1040. The largest absolute Gasteiger partial charge is 0.374 e. The molecule has 1 aromatic carbocycles. The maximum absolute atomic E-state index is 13.3. The van der Waals surface area contributed by atoms with Crippen LogP contribution in [-0.2, 0) is 6.42 Å². The van der Waals surface area contributed by atoms with Gasteiger partial charge >= 0.3 is 0 Å². The van der Waals surface area contributed by atoms with E-state index in [9.17, 15) is 4.39 Å². The van der Waals surface area contributed by atoms with E-state index in [0.29, 0.717) is 17.8 Å². The lowest BCUT2D eigenvalue weighted by atomic mass is 9.90. The van der Waals surface area contributed by atoms with E-state index in [1.54, 1.807) is 12.2 Å². The van der Waals surface area contributed by atoms with Crippen LogP contribution in [-0.4, -0.2) is 40.5 Å². The monoisotopic (exact) mass is 509 g/mol. The Labute approximate surface area is 224 Å². The zero-order valence-corrected chi connectivity index (χ0v) is 23.7. The third-order valence-corrected chi connectivity index (χ3v) is 7.51. The Morgan fingerprint density at radius 1 is 1.25 bits per heavy atom. The van der Waals surface area contributed by atoms with E-state index in [2.05, 4.69) is 74.6 Å². The molecule has 3 unspecified atom stereocenters. The number of allylic oxidation sites excluding steroid dienone is 4. The van der Waals surface area contributed by atoms with E-state index < -0.39 is 0 Å². The lowest BCUT2D eigenvalue weighted by Crippen LogP contribution is -2.44. The van der Waals surface area contributed by atoms with E-state index in [1.165, 1.54) is 18.4 Å². The second-order valence-electron chi connectivity index (χ2n) is 10.3. The van der Waals surface area contributed by atoms with Crippen molar-refractivity contribution in [3.05, 3.63) is 72.2 Å². The Morgan fingerprint density at radius 3 is 2.64 bits per heavy atom. The van der Waals surface area contributed by atoms with Crippen molar-refractivity contribution in [1.29, 1.82) is 0 Å². The van der Waals surface area contributed by atoms with Gasteiger partial charge in [-0.15, -0.1) is 0 Å². The lowest BCUT2D eigenvalue weighted by Gasteiger charge is -2.41. The van der Waals surface area contributed by atoms with Crippen LogP contribution in [0.15, 0.2) is 66.1 Å². The summed E-state index contributed by atoms with van der Waals surface area (Å²) in [4.78, 5) is 9.85. The fourth-order valence-corrected chi connectivity index (χ4v) is 5.40. The molecule has 0 amide bonds. The minimum absolute atomic E-state index is 0.130. The summed E-state index contributed by atoms with van der Waals surface area (Å²) < 4.78 is 13.3. The number of thiol groups is 1. The van der Waals surface area contributed by atoms with Gasteiger partial charge < -0.3 is 9.80 Å². The number of hydrogen-bond acceptors (Lipinski definition) is 4. The minimum atomic E-state index is -0.130. The normalized spacial score (nSPS) is 22.4. The molecule has 0 bridgehead atoms. The summed E-state index contributed by atoms with van der Waals surface area (Å²) in [6.07, 6.45) is 9.26. The molecule has 5 heteroatoms. The second-order valence-corrected chi connectivity index (χ2v) is 11.1. The summed E-state index contributed by atoms with van der Waals surface area (Å²) in [6.45, 7) is 22.3. The summed E-state index contributed by atoms with van der Waals surface area (Å²) >= 11 is 4.60. The van der Waals surface area contributed by atoms with Gasteiger partial charge in [-0.2, -0.15) is 12.6 Å². The third-order valence-electron chi connectivity index (χ3n) is 7.21. The van der Waals surface area contributed by atoms with Crippen LogP contribution in [0.25, 0.3) is 5.70 Å². The Kier molecular flexibility index (Phi) is 10.1. The first kappa shape index (κ1) is 28.3. The minimum Gasteiger partial charge on any atom is -0.374 e. The smallest absolute Gasteiger partial charge is 0.118 e. The van der Waals surface area contributed by atoms with Gasteiger partial charge in [-0.25, -0.2) is 9.38 Å². The number of likely N-dealkylation sites (tertiary alicyclic amines) is 1. The second kappa shape index (κ2) is 12.8. The van der Waals surface area contributed by atoms with Gasteiger partial charge in [-0.05, 0) is 74.3 Å². The van der Waals surface area contributed by atoms with Gasteiger partial charge in [0.25, 0.3) is 0 Å². The van der Waals surface area contributed by atoms with Gasteiger partial charge in [0, 0.05) is 47.8 Å². The zero-order valence-electron chi connectivity index (χ0n) is 22.8. The molecule has 36 heavy (non-hydrogen) atoms. The molecule has 196 valence electrons. The molecule has 0 saturated carbocycles. The average molecular weight is 510 g/mol. The van der Waals surface area contributed by atoms with Crippen molar-refractivity contribution in [2.45, 2.75) is 65.6 Å². The fourth-order valence-electron chi connectivity index (χ4n) is 5.24. The standard InChI is InChI=1S/C29H38FN3S.C2H6/c1-19(2)29-31-28-13-10-24(15-23-8-11-26(30)12-9-23)16-27(28)21(4)33(29)18-25-7-6-14-32(17-25)20(3)22(5)34;1-2/h8,10-13,16,19,22-23,25,34H,3-4,6-7,9,14-15,17-18H2,1-2,5H3;1-2H3. The van der Waals surface area contributed by atoms with Gasteiger partial charge in [0.15, 0.2) is 0 Å². The molecule has 1 fully saturated rings. The Balaban J connectivity index is 0.00000176. The van der Waals surface area contributed by atoms with Crippen LogP contribution in [0.3, 0.4) is 0 Å². The predicted molar refractivity (Wildman–Crippen MR) is 157 cm³/mol. The van der Waals surface area contributed by atoms with E-state index in [0.717, 1.165) is 61.0 Å². The highest BCUT2D eigenvalue weighted by Gasteiger charge is 2.30. The van der Waals surface area contributed by atoms with Crippen molar-refractivity contribution in [2.75, 3.05) is 19.6 Å². The molecule has 0 N–H and O–H groups in total. The summed E-state index contributed by atoms with van der Waals surface area (Å²) in [5.74, 6) is 2.13. The number of piperidine rings is 1. The number of halogens is 1. The molecule has 0 aromatic heterocycles. The van der Waals surface area contributed by atoms with E-state index >= 15 is 0 Å². The van der Waals surface area contributed by atoms with Gasteiger partial charge in [0.2, 0.25) is 0 Å². The van der Waals surface area contributed by atoms with Crippen molar-refractivity contribution >= 4 is 29.8 Å². The number of amidine groups is 1. The molecular formula is C31H44FN3S. The molecular weight excluding hydrogens is 465 g/mol. The van der Waals surface area contributed by atoms with Crippen molar-refractivity contribution in [1.82, 2.24) is 9.80 Å². The van der Waals surface area contributed by atoms with Gasteiger partial charge in [0.05, 0.1) is 5.69 Å². The summed E-state index contributed by atoms with van der Waals surface area (Å²) in [7, 11) is 0. The SMILES string of the molecule is C=C(C(C)S)N1CCCC(CN2C(=C)c3cc(CC4C=CC(F)=CC4)ccc3N=C2C(C)C)C1.CC. The van der Waals surface area contributed by atoms with Gasteiger partial charge in [-0.3, -0.25) is 0 Å². The molecule has 2 aliphatic heterocycles. The number of hydrogen-bond donors (Lipinski definition) is 1. The Hall–Kier alpha value is -2.27. The van der Waals surface area contributed by atoms with Crippen LogP contribution in [0.1, 0.15) is 65.0 Å². The average Bonchev–Trinajstić information content (AvgIpc) is 2.88. The summed E-state index contributed by atoms with van der Waals surface area (Å²) in [5.41, 5.74) is 5.52. The number of benzene rings is 1. The van der Waals surface area contributed by atoms with Gasteiger partial charge in [-0.1, -0.05) is 53.0 Å². The van der Waals surface area contributed by atoms with Crippen LogP contribution in [0.4, 0.5) is 10.1 Å². The molecule has 1 saturated heterocycles. The molecule has 3 aliphatic rings. The number of rotatable bonds is 7. The zero-order chi connectivity index (χ0) is 26.4. The number of aliphatic imine (C=N–C) groups is 1. The van der Waals surface area contributed by atoms with Crippen LogP contribution in [0, 0.1) is 17.8 Å². The van der Waals surface area contributed by atoms with E-state index in [-0.39, 0.29) is 11.1 Å².